The molecular formula is C18H29NO. The molecule has 3 unspecified atom stereocenters. The minimum Gasteiger partial charge on any atom is -0.496 e. The van der Waals surface area contributed by atoms with Crippen molar-refractivity contribution in [3.05, 3.63) is 29.8 Å². The Balaban J connectivity index is 2.11. The molecule has 2 nitrogen and oxygen atoms in total. The summed E-state index contributed by atoms with van der Waals surface area (Å²) < 4.78 is 5.51. The van der Waals surface area contributed by atoms with E-state index in [0.717, 1.165) is 29.9 Å². The topological polar surface area (TPSA) is 21.3 Å². The second-order valence-corrected chi connectivity index (χ2v) is 6.49. The van der Waals surface area contributed by atoms with E-state index in [1.165, 1.54) is 24.8 Å². The maximum Gasteiger partial charge on any atom is 0.122 e. The van der Waals surface area contributed by atoms with Crippen molar-refractivity contribution in [3.8, 4) is 5.75 Å². The minimum atomic E-state index is 0.648. The standard InChI is InChI=1S/C18H29NO/c1-13(2)14-9-10-17(19-3)16(11-14)12-15-7-5-6-8-18(15)20-4/h5-8,13-14,16-17,19H,9-12H2,1-4H3. The molecule has 2 rings (SSSR count). The van der Waals surface area contributed by atoms with E-state index >= 15 is 0 Å². The first kappa shape index (κ1) is 15.4. The van der Waals surface area contributed by atoms with Gasteiger partial charge in [0.05, 0.1) is 7.11 Å². The second kappa shape index (κ2) is 7.12. The van der Waals surface area contributed by atoms with Crippen molar-refractivity contribution in [2.24, 2.45) is 17.8 Å². The van der Waals surface area contributed by atoms with Crippen LogP contribution in [0.1, 0.15) is 38.7 Å². The van der Waals surface area contributed by atoms with Crippen LogP contribution in [0, 0.1) is 17.8 Å². The average molecular weight is 275 g/mol. The van der Waals surface area contributed by atoms with Crippen molar-refractivity contribution in [1.82, 2.24) is 5.32 Å². The first-order chi connectivity index (χ1) is 9.65. The van der Waals surface area contributed by atoms with Crippen molar-refractivity contribution in [2.45, 2.75) is 45.6 Å². The molecule has 0 radical (unpaired) electrons. The molecule has 2 heteroatoms. The van der Waals surface area contributed by atoms with Gasteiger partial charge < -0.3 is 10.1 Å². The van der Waals surface area contributed by atoms with E-state index < -0.39 is 0 Å². The maximum absolute atomic E-state index is 5.51. The molecule has 1 fully saturated rings. The lowest BCUT2D eigenvalue weighted by molar-refractivity contribution is 0.172. The number of rotatable bonds is 5. The van der Waals surface area contributed by atoms with Gasteiger partial charge in [-0.2, -0.15) is 0 Å². The predicted molar refractivity (Wildman–Crippen MR) is 85.2 cm³/mol. The van der Waals surface area contributed by atoms with E-state index in [4.69, 9.17) is 4.74 Å². The van der Waals surface area contributed by atoms with Gasteiger partial charge in [0.25, 0.3) is 0 Å². The Kier molecular flexibility index (Phi) is 5.47. The van der Waals surface area contributed by atoms with Crippen LogP contribution in [0.2, 0.25) is 0 Å². The summed E-state index contributed by atoms with van der Waals surface area (Å²) in [7, 11) is 3.88. The van der Waals surface area contributed by atoms with Crippen LogP contribution in [0.3, 0.4) is 0 Å². The predicted octanol–water partition coefficient (Wildman–Crippen LogP) is 3.90. The van der Waals surface area contributed by atoms with Crippen LogP contribution in [0.15, 0.2) is 24.3 Å². The zero-order chi connectivity index (χ0) is 14.5. The third-order valence-electron chi connectivity index (χ3n) is 5.01. The highest BCUT2D eigenvalue weighted by molar-refractivity contribution is 5.33. The number of benzene rings is 1. The second-order valence-electron chi connectivity index (χ2n) is 6.49. The molecule has 0 amide bonds. The molecule has 0 saturated heterocycles. The van der Waals surface area contributed by atoms with Gasteiger partial charge in [0.2, 0.25) is 0 Å². The van der Waals surface area contributed by atoms with E-state index in [0.29, 0.717) is 6.04 Å². The van der Waals surface area contributed by atoms with Gasteiger partial charge in [0.1, 0.15) is 5.75 Å². The van der Waals surface area contributed by atoms with E-state index in [1.54, 1.807) is 7.11 Å². The summed E-state index contributed by atoms with van der Waals surface area (Å²) in [5.74, 6) is 3.43. The number of para-hydroxylation sites is 1. The summed E-state index contributed by atoms with van der Waals surface area (Å²) in [5, 5.41) is 3.53. The van der Waals surface area contributed by atoms with Crippen LogP contribution in [0.4, 0.5) is 0 Å². The molecule has 1 saturated carbocycles. The molecule has 112 valence electrons. The zero-order valence-corrected chi connectivity index (χ0v) is 13.4. The Morgan fingerprint density at radius 3 is 2.65 bits per heavy atom. The van der Waals surface area contributed by atoms with Gasteiger partial charge in [0, 0.05) is 6.04 Å². The van der Waals surface area contributed by atoms with Crippen LogP contribution in [0.5, 0.6) is 5.75 Å². The van der Waals surface area contributed by atoms with Crippen LogP contribution in [-0.4, -0.2) is 20.2 Å². The molecule has 1 aliphatic rings. The number of methoxy groups -OCH3 is 1. The molecular weight excluding hydrogens is 246 g/mol. The third kappa shape index (κ3) is 3.54. The average Bonchev–Trinajstić information content (AvgIpc) is 2.47. The smallest absolute Gasteiger partial charge is 0.122 e. The minimum absolute atomic E-state index is 0.648. The van der Waals surface area contributed by atoms with Crippen LogP contribution in [0.25, 0.3) is 0 Å². The molecule has 1 N–H and O–H groups in total. The highest BCUT2D eigenvalue weighted by atomic mass is 16.5. The van der Waals surface area contributed by atoms with Gasteiger partial charge in [-0.3, -0.25) is 0 Å². The lowest BCUT2D eigenvalue weighted by Gasteiger charge is -2.38. The molecule has 20 heavy (non-hydrogen) atoms. The number of hydrogen-bond donors (Lipinski definition) is 1. The number of nitrogens with one attached hydrogen (secondary N) is 1. The van der Waals surface area contributed by atoms with Gasteiger partial charge in [-0.1, -0.05) is 32.0 Å². The molecule has 1 aliphatic carbocycles. The number of hydrogen-bond acceptors (Lipinski definition) is 2. The number of ether oxygens (including phenoxy) is 1. The van der Waals surface area contributed by atoms with E-state index in [1.807, 2.05) is 0 Å². The van der Waals surface area contributed by atoms with Gasteiger partial charge in [0.15, 0.2) is 0 Å². The Labute approximate surface area is 123 Å². The summed E-state index contributed by atoms with van der Waals surface area (Å²) in [6.45, 7) is 4.73. The quantitative estimate of drug-likeness (QED) is 0.880. The molecule has 0 bridgehead atoms. The summed E-state index contributed by atoms with van der Waals surface area (Å²) >= 11 is 0. The highest BCUT2D eigenvalue weighted by Crippen LogP contribution is 2.36. The first-order valence-electron chi connectivity index (χ1n) is 7.94. The van der Waals surface area contributed by atoms with E-state index in [9.17, 15) is 0 Å². The van der Waals surface area contributed by atoms with Crippen LogP contribution >= 0.6 is 0 Å². The monoisotopic (exact) mass is 275 g/mol. The Hall–Kier alpha value is -1.02. The van der Waals surface area contributed by atoms with Crippen molar-refractivity contribution in [2.75, 3.05) is 14.2 Å². The van der Waals surface area contributed by atoms with Gasteiger partial charge in [-0.25, -0.2) is 0 Å². The first-order valence-corrected chi connectivity index (χ1v) is 7.94. The molecule has 1 aromatic rings. The Morgan fingerprint density at radius 2 is 2.00 bits per heavy atom. The summed E-state index contributed by atoms with van der Waals surface area (Å²) in [6, 6.07) is 9.11. The summed E-state index contributed by atoms with van der Waals surface area (Å²) in [6.07, 6.45) is 5.13. The van der Waals surface area contributed by atoms with Gasteiger partial charge in [-0.05, 0) is 62.1 Å². The van der Waals surface area contributed by atoms with E-state index in [-0.39, 0.29) is 0 Å². The van der Waals surface area contributed by atoms with Crippen LogP contribution < -0.4 is 10.1 Å². The fourth-order valence-electron chi connectivity index (χ4n) is 3.67. The molecule has 0 aromatic heterocycles. The molecule has 0 aliphatic heterocycles. The SMILES string of the molecule is CNC1CCC(C(C)C)CC1Cc1ccccc1OC. The Morgan fingerprint density at radius 1 is 1.25 bits per heavy atom. The largest absolute Gasteiger partial charge is 0.496 e. The van der Waals surface area contributed by atoms with E-state index in [2.05, 4.69) is 50.5 Å². The molecule has 0 spiro atoms. The van der Waals surface area contributed by atoms with Crippen molar-refractivity contribution in [1.29, 1.82) is 0 Å². The van der Waals surface area contributed by atoms with Gasteiger partial charge in [-0.15, -0.1) is 0 Å². The summed E-state index contributed by atoms with van der Waals surface area (Å²) in [4.78, 5) is 0. The lowest BCUT2D eigenvalue weighted by Crippen LogP contribution is -2.40. The zero-order valence-electron chi connectivity index (χ0n) is 13.4. The van der Waals surface area contributed by atoms with Crippen molar-refractivity contribution in [3.63, 3.8) is 0 Å². The Bertz CT molecular complexity index is 416. The molecule has 3 atom stereocenters. The molecule has 1 aromatic carbocycles. The van der Waals surface area contributed by atoms with Gasteiger partial charge >= 0.3 is 0 Å². The lowest BCUT2D eigenvalue weighted by atomic mass is 9.71. The maximum atomic E-state index is 5.51. The van der Waals surface area contributed by atoms with Crippen molar-refractivity contribution >= 4 is 0 Å². The highest BCUT2D eigenvalue weighted by Gasteiger charge is 2.31. The molecule has 0 heterocycles. The van der Waals surface area contributed by atoms with Crippen molar-refractivity contribution < 1.29 is 4.74 Å². The normalized spacial score (nSPS) is 26.8. The fourth-order valence-corrected chi connectivity index (χ4v) is 3.67. The third-order valence-corrected chi connectivity index (χ3v) is 5.01. The summed E-state index contributed by atoms with van der Waals surface area (Å²) in [5.41, 5.74) is 1.35. The fraction of sp³-hybridized carbons (Fsp3) is 0.667. The van der Waals surface area contributed by atoms with Crippen LogP contribution in [-0.2, 0) is 6.42 Å².